The van der Waals surface area contributed by atoms with Crippen molar-refractivity contribution >= 4 is 34.1 Å². The highest BCUT2D eigenvalue weighted by Gasteiger charge is 2.10. The highest BCUT2D eigenvalue weighted by molar-refractivity contribution is 5.94. The van der Waals surface area contributed by atoms with Crippen LogP contribution in [0.3, 0.4) is 0 Å². The number of rotatable bonds is 4. The average molecular weight is 354 g/mol. The van der Waals surface area contributed by atoms with Gasteiger partial charge >= 0.3 is 0 Å². The molecule has 0 saturated heterocycles. The number of benzene rings is 2. The predicted molar refractivity (Wildman–Crippen MR) is 95.3 cm³/mol. The molecule has 2 amide bonds. The topological polar surface area (TPSA) is 93.1 Å². The third-order valence-electron chi connectivity index (χ3n) is 3.62. The van der Waals surface area contributed by atoms with Crippen molar-refractivity contribution in [2.75, 3.05) is 10.6 Å². The van der Waals surface area contributed by atoms with Crippen LogP contribution in [0.4, 0.5) is 15.8 Å². The molecular formula is C18H15FN4O3. The molecule has 1 aromatic heterocycles. The standard InChI is InChI=1S/C18H15FN4O3/c1-11(24)21-15-8-12(6-7-14(15)19)22-18(26)10-23-16-5-3-2-4-13(16)17(25)9-20-23/h2-9H,10H2,1H3,(H,21,24)(H,22,26). The Hall–Kier alpha value is -3.55. The van der Waals surface area contributed by atoms with Crippen molar-refractivity contribution in [1.82, 2.24) is 9.78 Å². The van der Waals surface area contributed by atoms with E-state index in [1.165, 1.54) is 23.7 Å². The first-order chi connectivity index (χ1) is 12.4. The van der Waals surface area contributed by atoms with Crippen LogP contribution in [0.1, 0.15) is 6.92 Å². The Morgan fingerprint density at radius 3 is 2.69 bits per heavy atom. The Labute approximate surface area is 147 Å². The lowest BCUT2D eigenvalue weighted by Crippen LogP contribution is -2.22. The summed E-state index contributed by atoms with van der Waals surface area (Å²) in [5.74, 6) is -1.44. The molecular weight excluding hydrogens is 339 g/mol. The number of hydrogen-bond acceptors (Lipinski definition) is 4. The zero-order valence-corrected chi connectivity index (χ0v) is 13.8. The summed E-state index contributed by atoms with van der Waals surface area (Å²) in [4.78, 5) is 35.2. The second-order valence-electron chi connectivity index (χ2n) is 5.61. The lowest BCUT2D eigenvalue weighted by molar-refractivity contribution is -0.117. The second kappa shape index (κ2) is 7.14. The van der Waals surface area contributed by atoms with Crippen LogP contribution in [0, 0.1) is 5.82 Å². The Morgan fingerprint density at radius 1 is 1.15 bits per heavy atom. The van der Waals surface area contributed by atoms with Gasteiger partial charge in [-0.1, -0.05) is 12.1 Å². The molecule has 8 heteroatoms. The van der Waals surface area contributed by atoms with E-state index in [9.17, 15) is 18.8 Å². The molecule has 3 rings (SSSR count). The maximum Gasteiger partial charge on any atom is 0.246 e. The van der Waals surface area contributed by atoms with Crippen LogP contribution in [0.5, 0.6) is 0 Å². The Morgan fingerprint density at radius 2 is 1.92 bits per heavy atom. The number of carbonyl (C=O) groups excluding carboxylic acids is 2. The molecule has 0 aliphatic carbocycles. The van der Waals surface area contributed by atoms with Gasteiger partial charge in [0.15, 0.2) is 0 Å². The SMILES string of the molecule is CC(=O)Nc1cc(NC(=O)Cn2ncc(=O)c3ccccc32)ccc1F. The summed E-state index contributed by atoms with van der Waals surface area (Å²) < 4.78 is 15.1. The first-order valence-electron chi connectivity index (χ1n) is 7.76. The fourth-order valence-corrected chi connectivity index (χ4v) is 2.51. The molecule has 7 nitrogen and oxygen atoms in total. The zero-order chi connectivity index (χ0) is 18.7. The molecule has 0 fully saturated rings. The lowest BCUT2D eigenvalue weighted by Gasteiger charge is -2.11. The third kappa shape index (κ3) is 3.75. The molecule has 1 heterocycles. The zero-order valence-electron chi connectivity index (χ0n) is 13.8. The van der Waals surface area contributed by atoms with Gasteiger partial charge in [0, 0.05) is 18.0 Å². The maximum absolute atomic E-state index is 13.7. The number of hydrogen-bond donors (Lipinski definition) is 2. The molecule has 0 bridgehead atoms. The number of nitrogens with one attached hydrogen (secondary N) is 2. The number of fused-ring (bicyclic) bond motifs is 1. The van der Waals surface area contributed by atoms with Gasteiger partial charge in [-0.25, -0.2) is 4.39 Å². The number of halogens is 1. The fraction of sp³-hybridized carbons (Fsp3) is 0.111. The largest absolute Gasteiger partial charge is 0.324 e. The smallest absolute Gasteiger partial charge is 0.246 e. The molecule has 132 valence electrons. The number of amides is 2. The molecule has 0 aliphatic rings. The van der Waals surface area contributed by atoms with Crippen molar-refractivity contribution in [3.8, 4) is 0 Å². The summed E-state index contributed by atoms with van der Waals surface area (Å²) in [6.45, 7) is 1.13. The Kier molecular flexibility index (Phi) is 4.74. The van der Waals surface area contributed by atoms with Crippen LogP contribution in [0.15, 0.2) is 53.5 Å². The summed E-state index contributed by atoms with van der Waals surface area (Å²) in [5.41, 5.74) is 0.608. The van der Waals surface area contributed by atoms with Gasteiger partial charge in [-0.05, 0) is 30.3 Å². The van der Waals surface area contributed by atoms with Gasteiger partial charge < -0.3 is 10.6 Å². The Balaban J connectivity index is 1.81. The third-order valence-corrected chi connectivity index (χ3v) is 3.62. The first-order valence-corrected chi connectivity index (χ1v) is 7.76. The normalized spacial score (nSPS) is 10.5. The van der Waals surface area contributed by atoms with Gasteiger partial charge in [-0.3, -0.25) is 19.1 Å². The van der Waals surface area contributed by atoms with E-state index in [1.54, 1.807) is 24.3 Å². The monoisotopic (exact) mass is 354 g/mol. The van der Waals surface area contributed by atoms with Gasteiger partial charge in [0.2, 0.25) is 17.2 Å². The van der Waals surface area contributed by atoms with Crippen molar-refractivity contribution in [3.63, 3.8) is 0 Å². The minimum atomic E-state index is -0.605. The predicted octanol–water partition coefficient (Wildman–Crippen LogP) is 2.13. The van der Waals surface area contributed by atoms with E-state index >= 15 is 0 Å². The van der Waals surface area contributed by atoms with Crippen molar-refractivity contribution in [1.29, 1.82) is 0 Å². The van der Waals surface area contributed by atoms with Crippen LogP contribution in [0.25, 0.3) is 10.9 Å². The van der Waals surface area contributed by atoms with Gasteiger partial charge in [0.1, 0.15) is 12.4 Å². The number of para-hydroxylation sites is 1. The van der Waals surface area contributed by atoms with Crippen LogP contribution in [0.2, 0.25) is 0 Å². The summed E-state index contributed by atoms with van der Waals surface area (Å²) in [6, 6.07) is 10.7. The molecule has 2 aromatic carbocycles. The first kappa shape index (κ1) is 17.3. The molecule has 26 heavy (non-hydrogen) atoms. The van der Waals surface area contributed by atoms with Crippen LogP contribution in [-0.4, -0.2) is 21.6 Å². The second-order valence-corrected chi connectivity index (χ2v) is 5.61. The average Bonchev–Trinajstić information content (AvgIpc) is 2.60. The van der Waals surface area contributed by atoms with Crippen molar-refractivity contribution in [2.24, 2.45) is 0 Å². The van der Waals surface area contributed by atoms with E-state index in [0.29, 0.717) is 16.6 Å². The van der Waals surface area contributed by atoms with Crippen molar-refractivity contribution in [2.45, 2.75) is 13.5 Å². The van der Waals surface area contributed by atoms with E-state index in [0.717, 1.165) is 12.3 Å². The Bertz CT molecular complexity index is 1060. The highest BCUT2D eigenvalue weighted by atomic mass is 19.1. The summed E-state index contributed by atoms with van der Waals surface area (Å²) >= 11 is 0. The van der Waals surface area contributed by atoms with E-state index in [2.05, 4.69) is 15.7 Å². The molecule has 3 aromatic rings. The molecule has 0 spiro atoms. The molecule has 0 saturated carbocycles. The lowest BCUT2D eigenvalue weighted by atomic mass is 10.2. The summed E-state index contributed by atoms with van der Waals surface area (Å²) in [7, 11) is 0. The number of anilines is 2. The van der Waals surface area contributed by atoms with E-state index < -0.39 is 17.6 Å². The number of carbonyl (C=O) groups is 2. The minimum absolute atomic E-state index is 0.0257. The fourth-order valence-electron chi connectivity index (χ4n) is 2.51. The molecule has 0 unspecified atom stereocenters. The summed E-state index contributed by atoms with van der Waals surface area (Å²) in [6.07, 6.45) is 1.16. The van der Waals surface area contributed by atoms with Gasteiger partial charge in [0.05, 0.1) is 17.4 Å². The van der Waals surface area contributed by atoms with Gasteiger partial charge in [0.25, 0.3) is 0 Å². The van der Waals surface area contributed by atoms with Gasteiger partial charge in [-0.15, -0.1) is 0 Å². The van der Waals surface area contributed by atoms with Crippen molar-refractivity contribution < 1.29 is 14.0 Å². The summed E-state index contributed by atoms with van der Waals surface area (Å²) in [5, 5.41) is 9.41. The maximum atomic E-state index is 13.7. The van der Waals surface area contributed by atoms with E-state index in [4.69, 9.17) is 0 Å². The van der Waals surface area contributed by atoms with Crippen LogP contribution in [-0.2, 0) is 16.1 Å². The molecule has 0 aliphatic heterocycles. The van der Waals surface area contributed by atoms with Crippen molar-refractivity contribution in [3.05, 3.63) is 64.7 Å². The van der Waals surface area contributed by atoms with E-state index in [1.807, 2.05) is 0 Å². The van der Waals surface area contributed by atoms with Crippen LogP contribution < -0.4 is 16.1 Å². The van der Waals surface area contributed by atoms with E-state index in [-0.39, 0.29) is 17.7 Å². The quantitative estimate of drug-likeness (QED) is 0.751. The minimum Gasteiger partial charge on any atom is -0.324 e. The number of nitrogens with zero attached hydrogens (tertiary/aromatic N) is 2. The van der Waals surface area contributed by atoms with Crippen LogP contribution >= 0.6 is 0 Å². The number of aromatic nitrogens is 2. The molecule has 0 atom stereocenters. The highest BCUT2D eigenvalue weighted by Crippen LogP contribution is 2.19. The molecule has 0 radical (unpaired) electrons. The molecule has 2 N–H and O–H groups in total. The van der Waals surface area contributed by atoms with Gasteiger partial charge in [-0.2, -0.15) is 5.10 Å².